The first kappa shape index (κ1) is 12.4. The Morgan fingerprint density at radius 1 is 1.32 bits per heavy atom. The lowest BCUT2D eigenvalue weighted by Gasteiger charge is -2.20. The molecule has 0 saturated heterocycles. The van der Waals surface area contributed by atoms with Crippen molar-refractivity contribution in [2.75, 3.05) is 5.32 Å². The van der Waals surface area contributed by atoms with E-state index >= 15 is 0 Å². The highest BCUT2D eigenvalue weighted by molar-refractivity contribution is 9.10. The minimum absolute atomic E-state index is 0.0793. The minimum atomic E-state index is 0.0793. The van der Waals surface area contributed by atoms with Gasteiger partial charge in [-0.05, 0) is 53.9 Å². The summed E-state index contributed by atoms with van der Waals surface area (Å²) in [7, 11) is 0. The lowest BCUT2D eigenvalue weighted by atomic mass is 10.0. The van der Waals surface area contributed by atoms with Crippen LogP contribution in [0.2, 0.25) is 0 Å². The van der Waals surface area contributed by atoms with Crippen molar-refractivity contribution < 1.29 is 4.79 Å². The molecule has 0 saturated carbocycles. The van der Waals surface area contributed by atoms with E-state index in [1.54, 1.807) is 0 Å². The zero-order valence-electron chi connectivity index (χ0n) is 10.8. The molecule has 0 unspecified atom stereocenters. The van der Waals surface area contributed by atoms with E-state index in [9.17, 15) is 4.79 Å². The van der Waals surface area contributed by atoms with Crippen molar-refractivity contribution in [3.8, 4) is 5.69 Å². The Balaban J connectivity index is 2.12. The minimum Gasteiger partial charge on any atom is -0.325 e. The standard InChI is InChI=1S/C14H14BrN3O/c1-8-7-18(9(2)16-8)11-5-10-3-4-13(19)17-14(10)12(15)6-11/h5-7H,3-4H2,1-2H3,(H,17,19). The molecule has 1 aliphatic heterocycles. The number of carbonyl (C=O) groups is 1. The van der Waals surface area contributed by atoms with Crippen molar-refractivity contribution in [3.05, 3.63) is 39.9 Å². The molecule has 2 aromatic rings. The highest BCUT2D eigenvalue weighted by Gasteiger charge is 2.18. The van der Waals surface area contributed by atoms with Crippen molar-refractivity contribution in [3.63, 3.8) is 0 Å². The first-order valence-corrected chi connectivity index (χ1v) is 6.99. The van der Waals surface area contributed by atoms with E-state index in [0.717, 1.165) is 39.4 Å². The summed E-state index contributed by atoms with van der Waals surface area (Å²) in [5.74, 6) is 1.04. The number of hydrogen-bond acceptors (Lipinski definition) is 2. The van der Waals surface area contributed by atoms with Gasteiger partial charge in [0.05, 0.1) is 11.4 Å². The van der Waals surface area contributed by atoms with E-state index in [4.69, 9.17) is 0 Å². The van der Waals surface area contributed by atoms with Gasteiger partial charge in [-0.15, -0.1) is 0 Å². The maximum Gasteiger partial charge on any atom is 0.224 e. The summed E-state index contributed by atoms with van der Waals surface area (Å²) in [5.41, 5.74) is 4.13. The number of fused-ring (bicyclic) bond motifs is 1. The van der Waals surface area contributed by atoms with Crippen molar-refractivity contribution >= 4 is 27.5 Å². The number of rotatable bonds is 1. The number of aromatic nitrogens is 2. The van der Waals surface area contributed by atoms with Gasteiger partial charge in [-0.3, -0.25) is 4.79 Å². The lowest BCUT2D eigenvalue weighted by molar-refractivity contribution is -0.116. The fraction of sp³-hybridized carbons (Fsp3) is 0.286. The molecule has 0 aliphatic carbocycles. The fourth-order valence-electron chi connectivity index (χ4n) is 2.45. The third kappa shape index (κ3) is 2.18. The molecule has 98 valence electrons. The van der Waals surface area contributed by atoms with Gasteiger partial charge in [-0.1, -0.05) is 0 Å². The van der Waals surface area contributed by atoms with Crippen molar-refractivity contribution in [2.24, 2.45) is 0 Å². The number of anilines is 1. The Kier molecular flexibility index (Phi) is 2.93. The molecule has 0 bridgehead atoms. The second kappa shape index (κ2) is 4.49. The Morgan fingerprint density at radius 3 is 2.79 bits per heavy atom. The molecule has 1 aromatic carbocycles. The second-order valence-corrected chi connectivity index (χ2v) is 5.66. The van der Waals surface area contributed by atoms with Crippen LogP contribution in [0.1, 0.15) is 23.5 Å². The third-order valence-corrected chi connectivity index (χ3v) is 3.95. The predicted molar refractivity (Wildman–Crippen MR) is 77.7 cm³/mol. The van der Waals surface area contributed by atoms with E-state index < -0.39 is 0 Å². The number of hydrogen-bond donors (Lipinski definition) is 1. The molecule has 3 rings (SSSR count). The molecule has 0 fully saturated rings. The fourth-order valence-corrected chi connectivity index (χ4v) is 3.04. The topological polar surface area (TPSA) is 46.9 Å². The zero-order valence-corrected chi connectivity index (χ0v) is 12.4. The van der Waals surface area contributed by atoms with Gasteiger partial charge in [-0.2, -0.15) is 0 Å². The molecule has 0 atom stereocenters. The predicted octanol–water partition coefficient (Wildman–Crippen LogP) is 3.14. The second-order valence-electron chi connectivity index (χ2n) is 4.81. The Morgan fingerprint density at radius 2 is 2.11 bits per heavy atom. The summed E-state index contributed by atoms with van der Waals surface area (Å²) in [6, 6.07) is 4.13. The summed E-state index contributed by atoms with van der Waals surface area (Å²) in [6.07, 6.45) is 3.34. The van der Waals surface area contributed by atoms with Crippen LogP contribution >= 0.6 is 15.9 Å². The number of imidazole rings is 1. The lowest BCUT2D eigenvalue weighted by Crippen LogP contribution is -2.19. The molecular weight excluding hydrogens is 306 g/mol. The van der Waals surface area contributed by atoms with Gasteiger partial charge in [-0.25, -0.2) is 4.98 Å². The quantitative estimate of drug-likeness (QED) is 0.877. The van der Waals surface area contributed by atoms with Gasteiger partial charge in [0.2, 0.25) is 5.91 Å². The number of carbonyl (C=O) groups excluding carboxylic acids is 1. The Hall–Kier alpha value is -1.62. The van der Waals surface area contributed by atoms with Crippen LogP contribution in [0.3, 0.4) is 0 Å². The zero-order chi connectivity index (χ0) is 13.6. The monoisotopic (exact) mass is 319 g/mol. The summed E-state index contributed by atoms with van der Waals surface area (Å²) in [6.45, 7) is 3.97. The summed E-state index contributed by atoms with van der Waals surface area (Å²) in [5, 5.41) is 2.92. The average molecular weight is 320 g/mol. The van der Waals surface area contributed by atoms with Gasteiger partial charge < -0.3 is 9.88 Å². The van der Waals surface area contributed by atoms with Crippen LogP contribution in [-0.4, -0.2) is 15.5 Å². The number of halogens is 1. The van der Waals surface area contributed by atoms with Crippen molar-refractivity contribution in [2.45, 2.75) is 26.7 Å². The number of aryl methyl sites for hydroxylation is 3. The van der Waals surface area contributed by atoms with Crippen LogP contribution in [0.15, 0.2) is 22.8 Å². The van der Waals surface area contributed by atoms with Crippen LogP contribution < -0.4 is 5.32 Å². The number of benzene rings is 1. The molecule has 4 nitrogen and oxygen atoms in total. The van der Waals surface area contributed by atoms with Crippen LogP contribution in [0, 0.1) is 13.8 Å². The molecule has 1 amide bonds. The van der Waals surface area contributed by atoms with Gasteiger partial charge in [0.1, 0.15) is 5.82 Å². The van der Waals surface area contributed by atoms with Gasteiger partial charge >= 0.3 is 0 Å². The maximum absolute atomic E-state index is 11.4. The Bertz CT molecular complexity index is 676. The largest absolute Gasteiger partial charge is 0.325 e. The first-order chi connectivity index (χ1) is 9.04. The third-order valence-electron chi connectivity index (χ3n) is 3.32. The molecule has 0 radical (unpaired) electrons. The molecule has 0 spiro atoms. The summed E-state index contributed by atoms with van der Waals surface area (Å²) < 4.78 is 2.98. The molecular formula is C14H14BrN3O. The van der Waals surface area contributed by atoms with Crippen LogP contribution in [0.5, 0.6) is 0 Å². The molecule has 5 heteroatoms. The highest BCUT2D eigenvalue weighted by atomic mass is 79.9. The molecule has 1 aliphatic rings. The van der Waals surface area contributed by atoms with Crippen LogP contribution in [-0.2, 0) is 11.2 Å². The highest BCUT2D eigenvalue weighted by Crippen LogP contribution is 2.33. The molecule has 1 N–H and O–H groups in total. The van der Waals surface area contributed by atoms with Crippen LogP contribution in [0.25, 0.3) is 5.69 Å². The van der Waals surface area contributed by atoms with Crippen molar-refractivity contribution in [1.82, 2.24) is 9.55 Å². The van der Waals surface area contributed by atoms with Gasteiger partial charge in [0, 0.05) is 22.8 Å². The summed E-state index contributed by atoms with van der Waals surface area (Å²) >= 11 is 3.54. The van der Waals surface area contributed by atoms with E-state index in [1.165, 1.54) is 0 Å². The number of amides is 1. The van der Waals surface area contributed by atoms with E-state index in [0.29, 0.717) is 6.42 Å². The normalized spacial score (nSPS) is 14.2. The molecule has 19 heavy (non-hydrogen) atoms. The SMILES string of the molecule is Cc1cn(-c2cc(Br)c3c(c2)CCC(=O)N3)c(C)n1. The van der Waals surface area contributed by atoms with Gasteiger partial charge in [0.25, 0.3) is 0 Å². The number of nitrogens with zero attached hydrogens (tertiary/aromatic N) is 2. The molecule has 1 aromatic heterocycles. The smallest absolute Gasteiger partial charge is 0.224 e. The van der Waals surface area contributed by atoms with E-state index in [-0.39, 0.29) is 5.91 Å². The van der Waals surface area contributed by atoms with E-state index in [2.05, 4.69) is 36.9 Å². The van der Waals surface area contributed by atoms with Crippen molar-refractivity contribution in [1.29, 1.82) is 0 Å². The maximum atomic E-state index is 11.4. The molecule has 2 heterocycles. The Labute approximate surface area is 120 Å². The average Bonchev–Trinajstić information content (AvgIpc) is 2.69. The number of nitrogens with one attached hydrogen (secondary N) is 1. The summed E-state index contributed by atoms with van der Waals surface area (Å²) in [4.78, 5) is 15.9. The first-order valence-electron chi connectivity index (χ1n) is 6.20. The van der Waals surface area contributed by atoms with E-state index in [1.807, 2.05) is 26.1 Å². The van der Waals surface area contributed by atoms with Gasteiger partial charge in [0.15, 0.2) is 0 Å². The van der Waals surface area contributed by atoms with Crippen LogP contribution in [0.4, 0.5) is 5.69 Å².